The first-order chi connectivity index (χ1) is 18.6. The van der Waals surface area contributed by atoms with Crippen molar-refractivity contribution in [3.05, 3.63) is 76.5 Å². The summed E-state index contributed by atoms with van der Waals surface area (Å²) >= 11 is 12.2. The number of hydrogen-bond donors (Lipinski definition) is 1. The van der Waals surface area contributed by atoms with Crippen LogP contribution >= 0.6 is 23.2 Å². The number of aromatic nitrogens is 3. The number of sulfonamides is 1. The molecule has 40 heavy (non-hydrogen) atoms. The zero-order valence-corrected chi connectivity index (χ0v) is 24.7. The third-order valence-corrected chi connectivity index (χ3v) is 8.34. The first-order valence-electron chi connectivity index (χ1n) is 12.0. The lowest BCUT2D eigenvalue weighted by molar-refractivity contribution is -0.140. The summed E-state index contributed by atoms with van der Waals surface area (Å²) in [6.07, 6.45) is 1.72. The van der Waals surface area contributed by atoms with Gasteiger partial charge in [-0.2, -0.15) is 0 Å². The number of carbonyl (C=O) groups excluding carboxylic acids is 1. The molecule has 10 nitrogen and oxygen atoms in total. The summed E-state index contributed by atoms with van der Waals surface area (Å²) in [7, 11) is -1.20. The van der Waals surface area contributed by atoms with Gasteiger partial charge in [0.15, 0.2) is 11.5 Å². The number of halogens is 2. The minimum Gasteiger partial charge on any atom is -0.480 e. The van der Waals surface area contributed by atoms with E-state index in [1.54, 1.807) is 76.0 Å². The maximum atomic E-state index is 14.0. The lowest BCUT2D eigenvalue weighted by Crippen LogP contribution is -2.52. The van der Waals surface area contributed by atoms with Crippen LogP contribution in [0.3, 0.4) is 0 Å². The van der Waals surface area contributed by atoms with Crippen molar-refractivity contribution in [3.8, 4) is 5.82 Å². The van der Waals surface area contributed by atoms with Crippen molar-refractivity contribution in [1.29, 1.82) is 0 Å². The second-order valence-corrected chi connectivity index (χ2v) is 13.1. The van der Waals surface area contributed by atoms with Crippen molar-refractivity contribution >= 4 is 61.7 Å². The van der Waals surface area contributed by atoms with Crippen LogP contribution in [-0.4, -0.2) is 65.2 Å². The predicted molar refractivity (Wildman–Crippen MR) is 154 cm³/mol. The van der Waals surface area contributed by atoms with E-state index >= 15 is 0 Å². The Kier molecular flexibility index (Phi) is 7.85. The third kappa shape index (κ3) is 5.63. The zero-order valence-electron chi connectivity index (χ0n) is 22.3. The summed E-state index contributed by atoms with van der Waals surface area (Å²) < 4.78 is 30.7. The number of nitrogens with zero attached hydrogens (tertiary/aromatic N) is 5. The number of anilines is 1. The number of rotatable bonds is 7. The molecule has 0 fully saturated rings. The Balaban J connectivity index is 1.86. The Morgan fingerprint density at radius 1 is 0.950 bits per heavy atom. The summed E-state index contributed by atoms with van der Waals surface area (Å²) in [6, 6.07) is 12.1. The van der Waals surface area contributed by atoms with Gasteiger partial charge in [-0.25, -0.2) is 13.2 Å². The lowest BCUT2D eigenvalue weighted by Gasteiger charge is -2.37. The highest BCUT2D eigenvalue weighted by Gasteiger charge is 2.43. The Hall–Kier alpha value is -3.67. The molecule has 0 aliphatic heterocycles. The first-order valence-corrected chi connectivity index (χ1v) is 14.2. The highest BCUT2D eigenvalue weighted by Crippen LogP contribution is 2.37. The topological polar surface area (TPSA) is 126 Å². The van der Waals surface area contributed by atoms with Gasteiger partial charge in [-0.1, -0.05) is 44.0 Å². The second-order valence-electron chi connectivity index (χ2n) is 10.4. The Morgan fingerprint density at radius 2 is 1.60 bits per heavy atom. The van der Waals surface area contributed by atoms with E-state index < -0.39 is 27.4 Å². The van der Waals surface area contributed by atoms with Crippen molar-refractivity contribution in [3.63, 3.8) is 0 Å². The fourth-order valence-corrected chi connectivity index (χ4v) is 6.81. The fourth-order valence-electron chi connectivity index (χ4n) is 4.30. The number of carboxylic acids is 1. The van der Waals surface area contributed by atoms with Gasteiger partial charge < -0.3 is 10.0 Å². The third-order valence-electron chi connectivity index (χ3n) is 6.13. The molecule has 0 saturated heterocycles. The van der Waals surface area contributed by atoms with Crippen molar-refractivity contribution in [2.45, 2.75) is 31.7 Å². The van der Waals surface area contributed by atoms with E-state index in [0.29, 0.717) is 16.7 Å². The van der Waals surface area contributed by atoms with Crippen LogP contribution < -0.4 is 4.31 Å². The molecule has 210 valence electrons. The van der Waals surface area contributed by atoms with Gasteiger partial charge in [0, 0.05) is 35.7 Å². The number of carbonyl (C=O) groups is 2. The van der Waals surface area contributed by atoms with E-state index in [9.17, 15) is 23.1 Å². The van der Waals surface area contributed by atoms with Gasteiger partial charge in [-0.3, -0.25) is 13.7 Å². The molecule has 0 aliphatic carbocycles. The standard InChI is InChI=1S/C27H27Cl2N5O5S/c1-27(2,3)24(26(36)37)34(40(38,39)20-14-17(28)13-18(29)15-20)19-6-8-22-16(12-19)10-11-33(22)23-9-7-21(30-31-23)25(35)32(4)5/h6-15,24H,1-5H3,(H,36,37). The average Bonchev–Trinajstić information content (AvgIpc) is 3.28. The molecule has 1 atom stereocenters. The molecule has 4 rings (SSSR count). The van der Waals surface area contributed by atoms with Crippen LogP contribution in [0.15, 0.2) is 65.7 Å². The number of aliphatic carboxylic acids is 1. The van der Waals surface area contributed by atoms with Crippen molar-refractivity contribution in [2.75, 3.05) is 18.4 Å². The average molecular weight is 605 g/mol. The molecule has 2 aromatic heterocycles. The summed E-state index contributed by atoms with van der Waals surface area (Å²) in [5.41, 5.74) is -0.00250. The summed E-state index contributed by atoms with van der Waals surface area (Å²) in [5, 5.41) is 19.2. The van der Waals surface area contributed by atoms with Gasteiger partial charge in [0.2, 0.25) is 0 Å². The molecule has 0 radical (unpaired) electrons. The van der Waals surface area contributed by atoms with Crippen LogP contribution in [0.25, 0.3) is 16.7 Å². The number of amides is 1. The minimum atomic E-state index is -4.44. The fraction of sp³-hybridized carbons (Fsp3) is 0.259. The molecule has 2 heterocycles. The van der Waals surface area contributed by atoms with E-state index in [1.807, 2.05) is 0 Å². The first kappa shape index (κ1) is 29.3. The Labute approximate surface area is 241 Å². The normalized spacial score (nSPS) is 12.8. The van der Waals surface area contributed by atoms with Crippen molar-refractivity contribution in [2.24, 2.45) is 5.41 Å². The van der Waals surface area contributed by atoms with Crippen LogP contribution in [0.4, 0.5) is 5.69 Å². The Bertz CT molecular complexity index is 1690. The van der Waals surface area contributed by atoms with Crippen LogP contribution in [0, 0.1) is 5.41 Å². The highest BCUT2D eigenvalue weighted by atomic mass is 35.5. The molecule has 0 aliphatic rings. The van der Waals surface area contributed by atoms with E-state index in [4.69, 9.17) is 23.2 Å². The van der Waals surface area contributed by atoms with Crippen LogP contribution in [0.2, 0.25) is 10.0 Å². The maximum Gasteiger partial charge on any atom is 0.328 e. The van der Waals surface area contributed by atoms with Gasteiger partial charge >= 0.3 is 5.97 Å². The smallest absolute Gasteiger partial charge is 0.328 e. The molecule has 2 aromatic carbocycles. The van der Waals surface area contributed by atoms with Gasteiger partial charge in [-0.05, 0) is 60.0 Å². The lowest BCUT2D eigenvalue weighted by atomic mass is 9.86. The number of fused-ring (bicyclic) bond motifs is 1. The van der Waals surface area contributed by atoms with Crippen LogP contribution in [0.5, 0.6) is 0 Å². The Morgan fingerprint density at radius 3 is 2.12 bits per heavy atom. The minimum absolute atomic E-state index is 0.0978. The SMILES string of the molecule is CN(C)C(=O)c1ccc(-n2ccc3cc(N(C(C(=O)O)C(C)(C)C)S(=O)(=O)c4cc(Cl)cc(Cl)c4)ccc32)nn1. The van der Waals surface area contributed by atoms with Crippen molar-refractivity contribution in [1.82, 2.24) is 19.7 Å². The molecule has 1 amide bonds. The van der Waals surface area contributed by atoms with Crippen LogP contribution in [0.1, 0.15) is 31.3 Å². The molecule has 0 bridgehead atoms. The highest BCUT2D eigenvalue weighted by molar-refractivity contribution is 7.93. The molecule has 4 aromatic rings. The molecule has 1 N–H and O–H groups in total. The molecule has 13 heteroatoms. The van der Waals surface area contributed by atoms with E-state index in [2.05, 4.69) is 10.2 Å². The molecule has 1 unspecified atom stereocenters. The summed E-state index contributed by atoms with van der Waals surface area (Å²) in [6.45, 7) is 4.95. The van der Waals surface area contributed by atoms with Gasteiger partial charge in [0.1, 0.15) is 6.04 Å². The molecular weight excluding hydrogens is 577 g/mol. The quantitative estimate of drug-likeness (QED) is 0.310. The number of benzene rings is 2. The largest absolute Gasteiger partial charge is 0.480 e. The molecule has 0 saturated carbocycles. The number of hydrogen-bond acceptors (Lipinski definition) is 6. The summed E-state index contributed by atoms with van der Waals surface area (Å²) in [5.74, 6) is -1.16. The summed E-state index contributed by atoms with van der Waals surface area (Å²) in [4.78, 5) is 25.9. The van der Waals surface area contributed by atoms with Gasteiger partial charge in [-0.15, -0.1) is 10.2 Å². The number of carboxylic acid groups (broad SMARTS) is 1. The van der Waals surface area contributed by atoms with E-state index in [1.165, 1.54) is 29.2 Å². The van der Waals surface area contributed by atoms with Crippen molar-refractivity contribution < 1.29 is 23.1 Å². The molecule has 0 spiro atoms. The predicted octanol–water partition coefficient (Wildman–Crippen LogP) is 5.12. The van der Waals surface area contributed by atoms with Crippen LogP contribution in [-0.2, 0) is 14.8 Å². The molecular formula is C27H27Cl2N5O5S. The van der Waals surface area contributed by atoms with E-state index in [0.717, 1.165) is 4.31 Å². The van der Waals surface area contributed by atoms with E-state index in [-0.39, 0.29) is 32.2 Å². The second kappa shape index (κ2) is 10.7. The zero-order chi connectivity index (χ0) is 29.6. The van der Waals surface area contributed by atoms with Gasteiger partial charge in [0.25, 0.3) is 15.9 Å². The van der Waals surface area contributed by atoms with Gasteiger partial charge in [0.05, 0.1) is 16.1 Å². The monoisotopic (exact) mass is 603 g/mol. The maximum absolute atomic E-state index is 14.0.